The van der Waals surface area contributed by atoms with Crippen LogP contribution in [0.1, 0.15) is 36.5 Å². The third kappa shape index (κ3) is 3.39. The average molecular weight is 379 g/mol. The van der Waals surface area contributed by atoms with Crippen LogP contribution in [0.5, 0.6) is 5.75 Å². The molecule has 6 heteroatoms. The lowest BCUT2D eigenvalue weighted by Crippen LogP contribution is -2.58. The van der Waals surface area contributed by atoms with Crippen molar-refractivity contribution in [1.29, 1.82) is 0 Å². The second-order valence-corrected chi connectivity index (χ2v) is 10.2. The van der Waals surface area contributed by atoms with Gasteiger partial charge in [0.05, 0.1) is 18.6 Å². The predicted octanol–water partition coefficient (Wildman–Crippen LogP) is 1.88. The lowest BCUT2D eigenvalue weighted by Gasteiger charge is -2.44. The Balaban J connectivity index is 1.59. The van der Waals surface area contributed by atoms with Crippen LogP contribution in [0.25, 0.3) is 0 Å². The summed E-state index contributed by atoms with van der Waals surface area (Å²) in [6.07, 6.45) is 4.59. The molecule has 2 atom stereocenters. The summed E-state index contributed by atoms with van der Waals surface area (Å²) in [7, 11) is -1.21. The normalized spacial score (nSPS) is 28.1. The molecular formula is C20H30N2O3S. The zero-order valence-electron chi connectivity index (χ0n) is 15.9. The molecule has 0 spiro atoms. The van der Waals surface area contributed by atoms with Gasteiger partial charge in [-0.3, -0.25) is 9.80 Å². The second kappa shape index (κ2) is 7.13. The first kappa shape index (κ1) is 18.3. The summed E-state index contributed by atoms with van der Waals surface area (Å²) >= 11 is 0. The monoisotopic (exact) mass is 378 g/mol. The molecule has 4 rings (SSSR count). The Morgan fingerprint density at radius 1 is 1.08 bits per heavy atom. The number of methoxy groups -OCH3 is 1. The molecule has 0 saturated carbocycles. The average Bonchev–Trinajstić information content (AvgIpc) is 3.19. The van der Waals surface area contributed by atoms with Crippen LogP contribution in [0.4, 0.5) is 0 Å². The van der Waals surface area contributed by atoms with Gasteiger partial charge < -0.3 is 4.74 Å². The molecule has 5 nitrogen and oxygen atoms in total. The Bertz CT molecular complexity index is 778. The van der Waals surface area contributed by atoms with Gasteiger partial charge in [0.25, 0.3) is 0 Å². The molecule has 2 saturated heterocycles. The molecule has 0 aromatic heterocycles. The topological polar surface area (TPSA) is 49.9 Å². The summed E-state index contributed by atoms with van der Waals surface area (Å²) in [5.41, 5.74) is 4.07. The number of benzene rings is 1. The summed E-state index contributed by atoms with van der Waals surface area (Å²) in [6.45, 7) is 5.83. The lowest BCUT2D eigenvalue weighted by molar-refractivity contribution is 0.0401. The Labute approximate surface area is 157 Å². The number of hydrogen-bond donors (Lipinski definition) is 0. The van der Waals surface area contributed by atoms with Crippen LogP contribution in [0.15, 0.2) is 12.1 Å². The molecule has 1 aromatic rings. The van der Waals surface area contributed by atoms with Gasteiger partial charge in [0.1, 0.15) is 5.75 Å². The van der Waals surface area contributed by atoms with Crippen LogP contribution < -0.4 is 4.74 Å². The molecule has 2 heterocycles. The number of ether oxygens (including phenoxy) is 1. The maximum absolute atomic E-state index is 12.3. The van der Waals surface area contributed by atoms with Gasteiger partial charge in [-0.05, 0) is 49.4 Å². The van der Waals surface area contributed by atoms with E-state index in [2.05, 4.69) is 28.9 Å². The third-order valence-corrected chi connectivity index (χ3v) is 7.98. The van der Waals surface area contributed by atoms with Crippen molar-refractivity contribution >= 4 is 9.84 Å². The standard InChI is InChI=1S/C20H30N2O3S/c1-3-7-21-8-9-22(19-14-26(23,24)13-18(19)21)12-17-10-15-5-4-6-16(15)11-20(17)25-2/h10-11,18-19H,3-9,12-14H2,1-2H3/t18-,19+/m0/s1. The maximum Gasteiger partial charge on any atom is 0.153 e. The van der Waals surface area contributed by atoms with Crippen LogP contribution in [0.2, 0.25) is 0 Å². The predicted molar refractivity (Wildman–Crippen MR) is 104 cm³/mol. The molecule has 0 N–H and O–H groups in total. The van der Waals surface area contributed by atoms with E-state index in [9.17, 15) is 8.42 Å². The molecule has 0 unspecified atom stereocenters. The van der Waals surface area contributed by atoms with Gasteiger partial charge in [0.15, 0.2) is 9.84 Å². The molecule has 3 aliphatic rings. The van der Waals surface area contributed by atoms with Crippen molar-refractivity contribution < 1.29 is 13.2 Å². The molecule has 2 fully saturated rings. The smallest absolute Gasteiger partial charge is 0.153 e. The van der Waals surface area contributed by atoms with Crippen LogP contribution >= 0.6 is 0 Å². The number of rotatable bonds is 5. The van der Waals surface area contributed by atoms with Crippen molar-refractivity contribution in [2.45, 2.75) is 51.2 Å². The van der Waals surface area contributed by atoms with Gasteiger partial charge in [-0.25, -0.2) is 8.42 Å². The first-order valence-electron chi connectivity index (χ1n) is 9.88. The summed E-state index contributed by atoms with van der Waals surface area (Å²) in [5.74, 6) is 1.57. The fourth-order valence-electron chi connectivity index (χ4n) is 5.04. The molecule has 2 aliphatic heterocycles. The molecule has 144 valence electrons. The SMILES string of the molecule is CCCN1CCN(Cc2cc3c(cc2OC)CCC3)[C@@H]2CS(=O)(=O)C[C@@H]21. The Kier molecular flexibility index (Phi) is 5.01. The van der Waals surface area contributed by atoms with Crippen molar-refractivity contribution in [1.82, 2.24) is 9.80 Å². The van der Waals surface area contributed by atoms with E-state index >= 15 is 0 Å². The fraction of sp³-hybridized carbons (Fsp3) is 0.700. The van der Waals surface area contributed by atoms with Gasteiger partial charge in [0.2, 0.25) is 0 Å². The highest BCUT2D eigenvalue weighted by atomic mass is 32.2. The molecular weight excluding hydrogens is 348 g/mol. The number of hydrogen-bond acceptors (Lipinski definition) is 5. The zero-order chi connectivity index (χ0) is 18.3. The van der Waals surface area contributed by atoms with Gasteiger partial charge in [-0.1, -0.05) is 13.0 Å². The summed E-state index contributed by atoms with van der Waals surface area (Å²) in [5, 5.41) is 0. The lowest BCUT2D eigenvalue weighted by atomic mass is 10.0. The van der Waals surface area contributed by atoms with E-state index in [1.807, 2.05) is 0 Å². The van der Waals surface area contributed by atoms with Crippen LogP contribution in [-0.2, 0) is 29.2 Å². The van der Waals surface area contributed by atoms with E-state index in [1.54, 1.807) is 7.11 Å². The van der Waals surface area contributed by atoms with Crippen molar-refractivity contribution in [2.75, 3.05) is 38.2 Å². The van der Waals surface area contributed by atoms with Crippen molar-refractivity contribution in [3.05, 3.63) is 28.8 Å². The molecule has 0 amide bonds. The van der Waals surface area contributed by atoms with Gasteiger partial charge in [0, 0.05) is 37.3 Å². The highest BCUT2D eigenvalue weighted by Gasteiger charge is 2.46. The minimum Gasteiger partial charge on any atom is -0.496 e. The van der Waals surface area contributed by atoms with Crippen LogP contribution in [-0.4, -0.2) is 68.6 Å². The first-order chi connectivity index (χ1) is 12.5. The van der Waals surface area contributed by atoms with Crippen LogP contribution in [0.3, 0.4) is 0 Å². The summed E-state index contributed by atoms with van der Waals surface area (Å²) in [6, 6.07) is 4.76. The van der Waals surface area contributed by atoms with Gasteiger partial charge in [-0.2, -0.15) is 0 Å². The minimum absolute atomic E-state index is 0.110. The van der Waals surface area contributed by atoms with Crippen molar-refractivity contribution in [2.24, 2.45) is 0 Å². The summed E-state index contributed by atoms with van der Waals surface area (Å²) in [4.78, 5) is 4.78. The number of nitrogens with zero attached hydrogens (tertiary/aromatic N) is 2. The Hall–Kier alpha value is -1.11. The van der Waals surface area contributed by atoms with E-state index in [1.165, 1.54) is 23.1 Å². The fourth-order valence-corrected chi connectivity index (χ4v) is 7.09. The second-order valence-electron chi connectivity index (χ2n) is 8.00. The molecule has 0 bridgehead atoms. The van der Waals surface area contributed by atoms with Crippen LogP contribution in [0, 0.1) is 0 Å². The van der Waals surface area contributed by atoms with Gasteiger partial charge >= 0.3 is 0 Å². The molecule has 26 heavy (non-hydrogen) atoms. The van der Waals surface area contributed by atoms with Crippen molar-refractivity contribution in [3.8, 4) is 5.75 Å². The number of piperazine rings is 1. The maximum atomic E-state index is 12.3. The highest BCUT2D eigenvalue weighted by molar-refractivity contribution is 7.91. The van der Waals surface area contributed by atoms with Crippen molar-refractivity contribution in [3.63, 3.8) is 0 Å². The van der Waals surface area contributed by atoms with E-state index in [-0.39, 0.29) is 12.1 Å². The number of fused-ring (bicyclic) bond motifs is 2. The van der Waals surface area contributed by atoms with Gasteiger partial charge in [-0.15, -0.1) is 0 Å². The highest BCUT2D eigenvalue weighted by Crippen LogP contribution is 2.33. The molecule has 1 aromatic carbocycles. The van der Waals surface area contributed by atoms with E-state index in [0.717, 1.165) is 51.2 Å². The molecule has 0 radical (unpaired) electrons. The third-order valence-electron chi connectivity index (χ3n) is 6.29. The van der Waals surface area contributed by atoms with E-state index in [0.29, 0.717) is 11.5 Å². The Morgan fingerprint density at radius 3 is 2.42 bits per heavy atom. The zero-order valence-corrected chi connectivity index (χ0v) is 16.7. The Morgan fingerprint density at radius 2 is 1.73 bits per heavy atom. The number of aryl methyl sites for hydroxylation is 2. The quantitative estimate of drug-likeness (QED) is 0.783. The van der Waals surface area contributed by atoms with E-state index in [4.69, 9.17) is 4.74 Å². The first-order valence-corrected chi connectivity index (χ1v) is 11.7. The molecule has 1 aliphatic carbocycles. The summed E-state index contributed by atoms with van der Waals surface area (Å²) < 4.78 is 30.4. The largest absolute Gasteiger partial charge is 0.496 e. The minimum atomic E-state index is -2.95. The van der Waals surface area contributed by atoms with E-state index < -0.39 is 9.84 Å². The number of sulfone groups is 1.